The molecule has 5 nitrogen and oxygen atoms in total. The van der Waals surface area contributed by atoms with Crippen LogP contribution in [0.3, 0.4) is 0 Å². The summed E-state index contributed by atoms with van der Waals surface area (Å²) in [6.45, 7) is 3.05. The van der Waals surface area contributed by atoms with Gasteiger partial charge in [0.15, 0.2) is 0 Å². The van der Waals surface area contributed by atoms with E-state index >= 15 is 0 Å². The zero-order valence-electron chi connectivity index (χ0n) is 12.1. The Bertz CT molecular complexity index is 577. The van der Waals surface area contributed by atoms with Crippen LogP contribution >= 0.6 is 0 Å². The van der Waals surface area contributed by atoms with Crippen molar-refractivity contribution in [2.24, 2.45) is 5.92 Å². The molecular formula is C16H19N3O2. The lowest BCUT2D eigenvalue weighted by Gasteiger charge is -2.17. The molecule has 110 valence electrons. The van der Waals surface area contributed by atoms with Crippen LogP contribution in [0, 0.1) is 17.2 Å². The molecule has 2 amide bonds. The van der Waals surface area contributed by atoms with Crippen LogP contribution in [0.4, 0.5) is 5.69 Å². The highest BCUT2D eigenvalue weighted by Gasteiger charge is 2.35. The number of nitrogens with zero attached hydrogens (tertiary/aromatic N) is 2. The molecule has 1 unspecified atom stereocenters. The first-order chi connectivity index (χ1) is 10.2. The van der Waals surface area contributed by atoms with Gasteiger partial charge in [-0.2, -0.15) is 5.26 Å². The van der Waals surface area contributed by atoms with E-state index in [1.54, 1.807) is 29.2 Å². The van der Waals surface area contributed by atoms with Gasteiger partial charge in [0.2, 0.25) is 11.8 Å². The molecule has 21 heavy (non-hydrogen) atoms. The molecule has 1 aliphatic rings. The molecule has 1 aromatic rings. The summed E-state index contributed by atoms with van der Waals surface area (Å²) in [5.74, 6) is -0.511. The van der Waals surface area contributed by atoms with Crippen molar-refractivity contribution in [3.05, 3.63) is 29.8 Å². The van der Waals surface area contributed by atoms with Crippen LogP contribution in [0.1, 0.15) is 31.7 Å². The van der Waals surface area contributed by atoms with Crippen LogP contribution in [-0.2, 0) is 9.59 Å². The fraction of sp³-hybridized carbons (Fsp3) is 0.438. The summed E-state index contributed by atoms with van der Waals surface area (Å²) in [4.78, 5) is 25.7. The predicted molar refractivity (Wildman–Crippen MR) is 79.5 cm³/mol. The van der Waals surface area contributed by atoms with Crippen LogP contribution in [0.2, 0.25) is 0 Å². The van der Waals surface area contributed by atoms with Crippen molar-refractivity contribution >= 4 is 17.5 Å². The van der Waals surface area contributed by atoms with Crippen molar-refractivity contribution in [2.75, 3.05) is 18.0 Å². The molecule has 1 fully saturated rings. The maximum absolute atomic E-state index is 12.1. The Morgan fingerprint density at radius 2 is 2.24 bits per heavy atom. The third kappa shape index (κ3) is 3.40. The largest absolute Gasteiger partial charge is 0.356 e. The predicted octanol–water partition coefficient (Wildman–Crippen LogP) is 1.83. The summed E-state index contributed by atoms with van der Waals surface area (Å²) in [6.07, 6.45) is 2.16. The van der Waals surface area contributed by atoms with Crippen LogP contribution in [-0.4, -0.2) is 24.9 Å². The van der Waals surface area contributed by atoms with Gasteiger partial charge in [0.1, 0.15) is 6.07 Å². The quantitative estimate of drug-likeness (QED) is 0.839. The number of hydrogen-bond acceptors (Lipinski definition) is 3. The van der Waals surface area contributed by atoms with E-state index in [1.165, 1.54) is 0 Å². The number of carbonyl (C=O) groups excluding carboxylic acids is 2. The lowest BCUT2D eigenvalue weighted by molar-refractivity contribution is -0.126. The third-order valence-corrected chi connectivity index (χ3v) is 3.64. The number of nitriles is 1. The first-order valence-electron chi connectivity index (χ1n) is 7.24. The molecule has 1 N–H and O–H groups in total. The Morgan fingerprint density at radius 3 is 2.95 bits per heavy atom. The van der Waals surface area contributed by atoms with E-state index in [-0.39, 0.29) is 24.2 Å². The maximum Gasteiger partial charge on any atom is 0.227 e. The van der Waals surface area contributed by atoms with Gasteiger partial charge in [0.25, 0.3) is 0 Å². The number of amides is 2. The fourth-order valence-electron chi connectivity index (χ4n) is 2.45. The summed E-state index contributed by atoms with van der Waals surface area (Å²) in [6, 6.07) is 9.06. The summed E-state index contributed by atoms with van der Waals surface area (Å²) in [5.41, 5.74) is 1.05. The third-order valence-electron chi connectivity index (χ3n) is 3.64. The van der Waals surface area contributed by atoms with E-state index in [1.807, 2.05) is 0 Å². The number of benzene rings is 1. The molecule has 1 saturated heterocycles. The van der Waals surface area contributed by atoms with Crippen LogP contribution < -0.4 is 10.2 Å². The van der Waals surface area contributed by atoms with Crippen molar-refractivity contribution in [3.8, 4) is 6.07 Å². The SMILES string of the molecule is CCCCNC(=O)C1CC(=O)N(c2ccccc2C#N)C1. The zero-order chi connectivity index (χ0) is 15.2. The van der Waals surface area contributed by atoms with Gasteiger partial charge >= 0.3 is 0 Å². The number of carbonyl (C=O) groups is 2. The number of hydrogen-bond donors (Lipinski definition) is 1. The minimum absolute atomic E-state index is 0.0752. The first-order valence-corrected chi connectivity index (χ1v) is 7.24. The molecule has 0 radical (unpaired) electrons. The lowest BCUT2D eigenvalue weighted by Crippen LogP contribution is -2.33. The van der Waals surface area contributed by atoms with Gasteiger partial charge in [-0.3, -0.25) is 9.59 Å². The summed E-state index contributed by atoms with van der Waals surface area (Å²) >= 11 is 0. The van der Waals surface area contributed by atoms with Gasteiger partial charge < -0.3 is 10.2 Å². The minimum Gasteiger partial charge on any atom is -0.356 e. The van der Waals surface area contributed by atoms with Crippen molar-refractivity contribution < 1.29 is 9.59 Å². The summed E-state index contributed by atoms with van der Waals surface area (Å²) < 4.78 is 0. The topological polar surface area (TPSA) is 73.2 Å². The average molecular weight is 285 g/mol. The van der Waals surface area contributed by atoms with Crippen LogP contribution in [0.15, 0.2) is 24.3 Å². The van der Waals surface area contributed by atoms with E-state index in [4.69, 9.17) is 5.26 Å². The second kappa shape index (κ2) is 6.89. The summed E-state index contributed by atoms with van der Waals surface area (Å²) in [5, 5.41) is 12.0. The molecule has 2 rings (SSSR count). The van der Waals surface area contributed by atoms with Gasteiger partial charge in [0, 0.05) is 19.5 Å². The van der Waals surface area contributed by atoms with E-state index in [9.17, 15) is 9.59 Å². The number of unbranched alkanes of at least 4 members (excludes halogenated alkanes) is 1. The van der Waals surface area contributed by atoms with Crippen molar-refractivity contribution in [3.63, 3.8) is 0 Å². The molecule has 0 aliphatic carbocycles. The smallest absolute Gasteiger partial charge is 0.227 e. The monoisotopic (exact) mass is 285 g/mol. The van der Waals surface area contributed by atoms with Gasteiger partial charge in [-0.05, 0) is 18.6 Å². The molecule has 1 heterocycles. The number of anilines is 1. The van der Waals surface area contributed by atoms with Crippen molar-refractivity contribution in [1.29, 1.82) is 5.26 Å². The van der Waals surface area contributed by atoms with E-state index < -0.39 is 0 Å². The molecule has 0 saturated carbocycles. The number of para-hydroxylation sites is 1. The van der Waals surface area contributed by atoms with Crippen molar-refractivity contribution in [1.82, 2.24) is 5.32 Å². The standard InChI is InChI=1S/C16H19N3O2/c1-2-3-8-18-16(21)13-9-15(20)19(11-13)14-7-5-4-6-12(14)10-17/h4-7,13H,2-3,8-9,11H2,1H3,(H,18,21). The highest BCUT2D eigenvalue weighted by molar-refractivity contribution is 6.01. The molecule has 1 aromatic carbocycles. The molecule has 0 bridgehead atoms. The van der Waals surface area contributed by atoms with Gasteiger partial charge in [0.05, 0.1) is 17.2 Å². The highest BCUT2D eigenvalue weighted by Crippen LogP contribution is 2.27. The maximum atomic E-state index is 12.1. The lowest BCUT2D eigenvalue weighted by atomic mass is 10.1. The van der Waals surface area contributed by atoms with Crippen LogP contribution in [0.25, 0.3) is 0 Å². The minimum atomic E-state index is -0.332. The second-order valence-corrected chi connectivity index (χ2v) is 5.18. The van der Waals surface area contributed by atoms with E-state index in [0.29, 0.717) is 24.3 Å². The number of rotatable bonds is 5. The second-order valence-electron chi connectivity index (χ2n) is 5.18. The number of nitrogens with one attached hydrogen (secondary N) is 1. The molecule has 1 atom stereocenters. The normalized spacial score (nSPS) is 17.6. The Labute approximate surface area is 124 Å². The highest BCUT2D eigenvalue weighted by atomic mass is 16.2. The van der Waals surface area contributed by atoms with Crippen molar-refractivity contribution in [2.45, 2.75) is 26.2 Å². The zero-order valence-corrected chi connectivity index (χ0v) is 12.1. The first kappa shape index (κ1) is 15.0. The molecule has 5 heteroatoms. The van der Waals surface area contributed by atoms with Crippen LogP contribution in [0.5, 0.6) is 0 Å². The van der Waals surface area contributed by atoms with Gasteiger partial charge in [-0.25, -0.2) is 0 Å². The molecule has 1 aliphatic heterocycles. The van der Waals surface area contributed by atoms with Gasteiger partial charge in [-0.1, -0.05) is 25.5 Å². The van der Waals surface area contributed by atoms with Gasteiger partial charge in [-0.15, -0.1) is 0 Å². The Hall–Kier alpha value is -2.35. The summed E-state index contributed by atoms with van der Waals surface area (Å²) in [7, 11) is 0. The molecular weight excluding hydrogens is 266 g/mol. The van der Waals surface area contributed by atoms with E-state index in [0.717, 1.165) is 12.8 Å². The Kier molecular flexibility index (Phi) is 4.94. The molecule has 0 aromatic heterocycles. The Morgan fingerprint density at radius 1 is 1.48 bits per heavy atom. The average Bonchev–Trinajstić information content (AvgIpc) is 2.89. The fourth-order valence-corrected chi connectivity index (χ4v) is 2.45. The molecule has 0 spiro atoms. The Balaban J connectivity index is 2.06. The van der Waals surface area contributed by atoms with E-state index in [2.05, 4.69) is 18.3 Å².